The number of hydrogen-bond acceptors (Lipinski definition) is 2. The molecule has 0 aromatic heterocycles. The minimum Gasteiger partial charge on any atom is -0.207 e. The van der Waals surface area contributed by atoms with Gasteiger partial charge in [0.2, 0.25) is 10.0 Å². The van der Waals surface area contributed by atoms with Crippen LogP contribution in [0.3, 0.4) is 0 Å². The summed E-state index contributed by atoms with van der Waals surface area (Å²) >= 11 is 0. The van der Waals surface area contributed by atoms with Crippen molar-refractivity contribution < 1.29 is 8.42 Å². The maximum absolute atomic E-state index is 12.5. The largest absolute Gasteiger partial charge is 0.243 e. The first-order valence-corrected chi connectivity index (χ1v) is 7.88. The van der Waals surface area contributed by atoms with Gasteiger partial charge >= 0.3 is 0 Å². The highest BCUT2D eigenvalue weighted by Gasteiger charge is 2.38. The normalized spacial score (nSPS) is 25.5. The lowest BCUT2D eigenvalue weighted by atomic mass is 9.87. The molecule has 3 nitrogen and oxygen atoms in total. The Hall–Kier alpha value is -0.870. The van der Waals surface area contributed by atoms with Crippen LogP contribution >= 0.6 is 0 Å². The summed E-state index contributed by atoms with van der Waals surface area (Å²) in [6.45, 7) is 7.53. The van der Waals surface area contributed by atoms with Crippen molar-refractivity contribution in [1.82, 2.24) is 4.31 Å². The molecule has 100 valence electrons. The van der Waals surface area contributed by atoms with Crippen molar-refractivity contribution >= 4 is 10.0 Å². The zero-order valence-corrected chi connectivity index (χ0v) is 12.1. The van der Waals surface area contributed by atoms with Crippen molar-refractivity contribution in [2.75, 3.05) is 13.1 Å². The minimum atomic E-state index is -3.30. The molecule has 0 saturated carbocycles. The lowest BCUT2D eigenvalue weighted by molar-refractivity contribution is 0.326. The molecule has 1 aliphatic heterocycles. The number of rotatable bonds is 3. The summed E-state index contributed by atoms with van der Waals surface area (Å²) in [4.78, 5) is 0.411. The number of benzene rings is 1. The van der Waals surface area contributed by atoms with E-state index in [0.29, 0.717) is 18.0 Å². The fourth-order valence-electron chi connectivity index (χ4n) is 2.33. The lowest BCUT2D eigenvalue weighted by Crippen LogP contribution is -2.31. The molecule has 0 spiro atoms. The van der Waals surface area contributed by atoms with Crippen LogP contribution in [0.25, 0.3) is 0 Å². The third-order valence-electron chi connectivity index (χ3n) is 4.04. The van der Waals surface area contributed by atoms with Crippen LogP contribution in [-0.2, 0) is 10.0 Å². The fourth-order valence-corrected chi connectivity index (χ4v) is 3.92. The molecule has 18 heavy (non-hydrogen) atoms. The first kappa shape index (κ1) is 13.6. The lowest BCUT2D eigenvalue weighted by Gasteiger charge is -2.22. The van der Waals surface area contributed by atoms with Crippen molar-refractivity contribution in [1.29, 1.82) is 0 Å². The van der Waals surface area contributed by atoms with Crippen molar-refractivity contribution in [2.45, 2.75) is 38.5 Å². The molecule has 1 saturated heterocycles. The average Bonchev–Trinajstić information content (AvgIpc) is 2.74. The van der Waals surface area contributed by atoms with Crippen LogP contribution in [0.1, 0.15) is 32.3 Å². The van der Waals surface area contributed by atoms with Gasteiger partial charge in [-0.15, -0.1) is 0 Å². The molecule has 1 aromatic rings. The van der Waals surface area contributed by atoms with Crippen LogP contribution in [0.5, 0.6) is 0 Å². The Balaban J connectivity index is 2.25. The summed E-state index contributed by atoms with van der Waals surface area (Å²) in [5.74, 6) is 0. The molecule has 0 amide bonds. The first-order chi connectivity index (χ1) is 8.37. The maximum Gasteiger partial charge on any atom is 0.243 e. The minimum absolute atomic E-state index is 0.137. The van der Waals surface area contributed by atoms with E-state index in [-0.39, 0.29) is 5.41 Å². The molecule has 0 radical (unpaired) electrons. The molecular formula is C14H21NO2S. The van der Waals surface area contributed by atoms with E-state index in [1.165, 1.54) is 0 Å². The van der Waals surface area contributed by atoms with Gasteiger partial charge in [-0.3, -0.25) is 0 Å². The Morgan fingerprint density at radius 2 is 1.89 bits per heavy atom. The van der Waals surface area contributed by atoms with Crippen molar-refractivity contribution in [3.63, 3.8) is 0 Å². The standard InChI is InChI=1S/C14H21NO2S/c1-4-14(3)9-10-15(11-14)18(16,17)13-7-5-12(2)6-8-13/h5-8H,4,9-11H2,1-3H3. The summed E-state index contributed by atoms with van der Waals surface area (Å²) in [6, 6.07) is 7.10. The van der Waals surface area contributed by atoms with E-state index in [4.69, 9.17) is 0 Å². The van der Waals surface area contributed by atoms with Gasteiger partial charge in [0, 0.05) is 13.1 Å². The van der Waals surface area contributed by atoms with Crippen molar-refractivity contribution in [3.05, 3.63) is 29.8 Å². The Kier molecular flexibility index (Phi) is 3.52. The van der Waals surface area contributed by atoms with Crippen LogP contribution in [0.15, 0.2) is 29.2 Å². The van der Waals surface area contributed by atoms with E-state index in [1.54, 1.807) is 16.4 Å². The fraction of sp³-hybridized carbons (Fsp3) is 0.571. The van der Waals surface area contributed by atoms with E-state index in [2.05, 4.69) is 13.8 Å². The molecule has 0 N–H and O–H groups in total. The SMILES string of the molecule is CCC1(C)CCN(S(=O)(=O)c2ccc(C)cc2)C1. The van der Waals surface area contributed by atoms with E-state index < -0.39 is 10.0 Å². The Morgan fingerprint density at radius 3 is 2.39 bits per heavy atom. The molecule has 1 aromatic carbocycles. The van der Waals surface area contributed by atoms with Crippen LogP contribution in [-0.4, -0.2) is 25.8 Å². The Morgan fingerprint density at radius 1 is 1.28 bits per heavy atom. The zero-order chi connectivity index (χ0) is 13.4. The monoisotopic (exact) mass is 267 g/mol. The summed E-state index contributed by atoms with van der Waals surface area (Å²) in [7, 11) is -3.30. The van der Waals surface area contributed by atoms with Crippen molar-refractivity contribution in [2.24, 2.45) is 5.41 Å². The molecular weight excluding hydrogens is 246 g/mol. The number of sulfonamides is 1. The van der Waals surface area contributed by atoms with E-state index in [0.717, 1.165) is 18.4 Å². The molecule has 2 rings (SSSR count). The van der Waals surface area contributed by atoms with Gasteiger partial charge in [-0.05, 0) is 37.3 Å². The second-order valence-corrected chi connectivity index (χ2v) is 7.50. The highest BCUT2D eigenvalue weighted by molar-refractivity contribution is 7.89. The van der Waals surface area contributed by atoms with Gasteiger partial charge in [0.1, 0.15) is 0 Å². The van der Waals surface area contributed by atoms with E-state index in [1.807, 2.05) is 19.1 Å². The average molecular weight is 267 g/mol. The molecule has 4 heteroatoms. The number of hydrogen-bond donors (Lipinski definition) is 0. The Labute approximate surface area is 110 Å². The second kappa shape index (κ2) is 4.67. The zero-order valence-electron chi connectivity index (χ0n) is 11.3. The Bertz CT molecular complexity index is 521. The molecule has 0 aliphatic carbocycles. The van der Waals surface area contributed by atoms with Gasteiger partial charge in [-0.1, -0.05) is 31.5 Å². The number of nitrogens with zero attached hydrogens (tertiary/aromatic N) is 1. The van der Waals surface area contributed by atoms with Crippen LogP contribution in [0.4, 0.5) is 0 Å². The van der Waals surface area contributed by atoms with Gasteiger partial charge in [0.15, 0.2) is 0 Å². The predicted octanol–water partition coefficient (Wildman–Crippen LogP) is 2.81. The molecule has 1 unspecified atom stereocenters. The quantitative estimate of drug-likeness (QED) is 0.844. The summed E-state index contributed by atoms with van der Waals surface area (Å²) in [5, 5.41) is 0. The first-order valence-electron chi connectivity index (χ1n) is 6.44. The molecule has 0 bridgehead atoms. The van der Waals surface area contributed by atoms with Crippen molar-refractivity contribution in [3.8, 4) is 0 Å². The third-order valence-corrected chi connectivity index (χ3v) is 5.89. The highest BCUT2D eigenvalue weighted by atomic mass is 32.2. The van der Waals surface area contributed by atoms with E-state index >= 15 is 0 Å². The van der Waals surface area contributed by atoms with Gasteiger partial charge in [-0.25, -0.2) is 8.42 Å². The van der Waals surface area contributed by atoms with E-state index in [9.17, 15) is 8.42 Å². The van der Waals surface area contributed by atoms with Gasteiger partial charge < -0.3 is 0 Å². The van der Waals surface area contributed by atoms with Gasteiger partial charge in [0.05, 0.1) is 4.90 Å². The van der Waals surface area contributed by atoms with Gasteiger partial charge in [0.25, 0.3) is 0 Å². The summed E-state index contributed by atoms with van der Waals surface area (Å²) < 4.78 is 26.6. The van der Waals surface area contributed by atoms with Crippen LogP contribution in [0.2, 0.25) is 0 Å². The van der Waals surface area contributed by atoms with Crippen LogP contribution < -0.4 is 0 Å². The topological polar surface area (TPSA) is 37.4 Å². The summed E-state index contributed by atoms with van der Waals surface area (Å²) in [5.41, 5.74) is 1.21. The number of aryl methyl sites for hydroxylation is 1. The smallest absolute Gasteiger partial charge is 0.207 e. The highest BCUT2D eigenvalue weighted by Crippen LogP contribution is 2.35. The van der Waals surface area contributed by atoms with Crippen LogP contribution in [0, 0.1) is 12.3 Å². The summed E-state index contributed by atoms with van der Waals surface area (Å²) in [6.07, 6.45) is 1.97. The predicted molar refractivity (Wildman–Crippen MR) is 73.0 cm³/mol. The maximum atomic E-state index is 12.5. The molecule has 1 atom stereocenters. The third kappa shape index (κ3) is 2.45. The van der Waals surface area contributed by atoms with Gasteiger partial charge in [-0.2, -0.15) is 4.31 Å². The second-order valence-electron chi connectivity index (χ2n) is 5.57. The molecule has 1 heterocycles. The molecule has 1 aliphatic rings. The molecule has 1 fully saturated rings.